The van der Waals surface area contributed by atoms with Gasteiger partial charge in [0.15, 0.2) is 0 Å². The molecule has 1 rings (SSSR count). The molecule has 90 valence electrons. The Hall–Kier alpha value is -1.82. The van der Waals surface area contributed by atoms with Gasteiger partial charge in [-0.15, -0.1) is 6.58 Å². The van der Waals surface area contributed by atoms with Crippen LogP contribution in [0, 0.1) is 17.1 Å². The lowest BCUT2D eigenvalue weighted by molar-refractivity contribution is 0.303. The van der Waals surface area contributed by atoms with E-state index in [0.717, 1.165) is 25.7 Å². The van der Waals surface area contributed by atoms with Crippen LogP contribution < -0.4 is 4.74 Å². The lowest BCUT2D eigenvalue weighted by atomic mass is 10.2. The quantitative estimate of drug-likeness (QED) is 0.529. The van der Waals surface area contributed by atoms with Crippen LogP contribution in [-0.2, 0) is 0 Å². The normalized spacial score (nSPS) is 9.65. The lowest BCUT2D eigenvalue weighted by Crippen LogP contribution is -2.00. The second-order valence-corrected chi connectivity index (χ2v) is 3.71. The Morgan fingerprint density at radius 2 is 2.18 bits per heavy atom. The third kappa shape index (κ3) is 4.28. The standard InChI is InChI=1S/C14H16FNO/c1-2-3-4-5-6-10-17-14-9-7-8-13(15)12(14)11-16/h2,7-9H,1,3-6,10H2. The van der Waals surface area contributed by atoms with Crippen molar-refractivity contribution in [3.8, 4) is 11.8 Å². The first-order valence-electron chi connectivity index (χ1n) is 5.72. The van der Waals surface area contributed by atoms with E-state index in [-0.39, 0.29) is 5.56 Å². The van der Waals surface area contributed by atoms with Crippen LogP contribution >= 0.6 is 0 Å². The van der Waals surface area contributed by atoms with Crippen molar-refractivity contribution in [2.75, 3.05) is 6.61 Å². The summed E-state index contributed by atoms with van der Waals surface area (Å²) in [4.78, 5) is 0. The Morgan fingerprint density at radius 1 is 1.35 bits per heavy atom. The molecule has 0 atom stereocenters. The Labute approximate surface area is 101 Å². The van der Waals surface area contributed by atoms with Gasteiger partial charge in [0, 0.05) is 0 Å². The van der Waals surface area contributed by atoms with E-state index in [4.69, 9.17) is 10.00 Å². The highest BCUT2D eigenvalue weighted by Crippen LogP contribution is 2.20. The average molecular weight is 233 g/mol. The first-order valence-corrected chi connectivity index (χ1v) is 5.72. The fourth-order valence-electron chi connectivity index (χ4n) is 1.48. The minimum absolute atomic E-state index is 0.0152. The summed E-state index contributed by atoms with van der Waals surface area (Å²) in [6.07, 6.45) is 5.92. The lowest BCUT2D eigenvalue weighted by Gasteiger charge is -2.07. The summed E-state index contributed by atoms with van der Waals surface area (Å²) in [6, 6.07) is 6.23. The average Bonchev–Trinajstić information content (AvgIpc) is 2.34. The molecule has 0 aliphatic carbocycles. The van der Waals surface area contributed by atoms with Crippen molar-refractivity contribution in [3.63, 3.8) is 0 Å². The van der Waals surface area contributed by atoms with Crippen molar-refractivity contribution in [2.45, 2.75) is 25.7 Å². The number of benzene rings is 1. The first-order chi connectivity index (χ1) is 8.29. The molecule has 1 aromatic carbocycles. The fourth-order valence-corrected chi connectivity index (χ4v) is 1.48. The third-order valence-electron chi connectivity index (χ3n) is 2.40. The zero-order valence-corrected chi connectivity index (χ0v) is 9.79. The molecular weight excluding hydrogens is 217 g/mol. The van der Waals surface area contributed by atoms with Crippen LogP contribution in [0.2, 0.25) is 0 Å². The summed E-state index contributed by atoms with van der Waals surface area (Å²) in [7, 11) is 0. The molecule has 0 N–H and O–H groups in total. The second kappa shape index (κ2) is 7.45. The van der Waals surface area contributed by atoms with E-state index in [0.29, 0.717) is 12.4 Å². The van der Waals surface area contributed by atoms with E-state index in [9.17, 15) is 4.39 Å². The number of hydrogen-bond donors (Lipinski definition) is 0. The molecule has 0 saturated carbocycles. The smallest absolute Gasteiger partial charge is 0.144 e. The predicted octanol–water partition coefficient (Wildman–Crippen LogP) is 3.82. The molecule has 0 aromatic heterocycles. The monoisotopic (exact) mass is 233 g/mol. The van der Waals surface area contributed by atoms with Crippen LogP contribution in [0.15, 0.2) is 30.9 Å². The minimum atomic E-state index is -0.531. The Kier molecular flexibility index (Phi) is 5.81. The summed E-state index contributed by atoms with van der Waals surface area (Å²) >= 11 is 0. The zero-order valence-electron chi connectivity index (χ0n) is 9.79. The van der Waals surface area contributed by atoms with Crippen LogP contribution in [0.5, 0.6) is 5.75 Å². The zero-order chi connectivity index (χ0) is 12.5. The first kappa shape index (κ1) is 13.2. The highest BCUT2D eigenvalue weighted by atomic mass is 19.1. The molecule has 0 aliphatic heterocycles. The van der Waals surface area contributed by atoms with Gasteiger partial charge in [-0.25, -0.2) is 4.39 Å². The van der Waals surface area contributed by atoms with Crippen molar-refractivity contribution in [2.24, 2.45) is 0 Å². The van der Waals surface area contributed by atoms with Crippen LogP contribution in [0.3, 0.4) is 0 Å². The fraction of sp³-hybridized carbons (Fsp3) is 0.357. The van der Waals surface area contributed by atoms with Gasteiger partial charge in [-0.2, -0.15) is 5.26 Å². The molecule has 0 saturated heterocycles. The number of nitrogens with zero attached hydrogens (tertiary/aromatic N) is 1. The molecule has 0 amide bonds. The van der Waals surface area contributed by atoms with Crippen LogP contribution in [0.1, 0.15) is 31.2 Å². The maximum Gasteiger partial charge on any atom is 0.144 e. The summed E-state index contributed by atoms with van der Waals surface area (Å²) in [5, 5.41) is 8.79. The van der Waals surface area contributed by atoms with Crippen molar-refractivity contribution < 1.29 is 9.13 Å². The van der Waals surface area contributed by atoms with Gasteiger partial charge in [-0.05, 0) is 37.8 Å². The highest BCUT2D eigenvalue weighted by Gasteiger charge is 2.08. The van der Waals surface area contributed by atoms with Gasteiger partial charge in [-0.3, -0.25) is 0 Å². The molecular formula is C14H16FNO. The van der Waals surface area contributed by atoms with E-state index in [2.05, 4.69) is 6.58 Å². The largest absolute Gasteiger partial charge is 0.492 e. The van der Waals surface area contributed by atoms with E-state index in [1.807, 2.05) is 12.1 Å². The van der Waals surface area contributed by atoms with E-state index < -0.39 is 5.82 Å². The van der Waals surface area contributed by atoms with E-state index in [1.165, 1.54) is 6.07 Å². The SMILES string of the molecule is C=CCCCCCOc1cccc(F)c1C#N. The van der Waals surface area contributed by atoms with Gasteiger partial charge in [0.05, 0.1) is 6.61 Å². The number of halogens is 1. The molecule has 0 unspecified atom stereocenters. The van der Waals surface area contributed by atoms with Crippen LogP contribution in [0.25, 0.3) is 0 Å². The molecule has 17 heavy (non-hydrogen) atoms. The molecule has 0 spiro atoms. The summed E-state index contributed by atoms with van der Waals surface area (Å²) < 4.78 is 18.6. The molecule has 3 heteroatoms. The molecule has 1 aromatic rings. The van der Waals surface area contributed by atoms with Crippen molar-refractivity contribution in [1.82, 2.24) is 0 Å². The summed E-state index contributed by atoms with van der Waals surface area (Å²) in [5.74, 6) is -0.201. The number of allylic oxidation sites excluding steroid dienone is 1. The number of hydrogen-bond acceptors (Lipinski definition) is 2. The third-order valence-corrected chi connectivity index (χ3v) is 2.40. The number of rotatable bonds is 7. The van der Waals surface area contributed by atoms with Crippen LogP contribution in [0.4, 0.5) is 4.39 Å². The molecule has 0 heterocycles. The van der Waals surface area contributed by atoms with Gasteiger partial charge in [0.2, 0.25) is 0 Å². The van der Waals surface area contributed by atoms with Crippen LogP contribution in [-0.4, -0.2) is 6.61 Å². The van der Waals surface area contributed by atoms with E-state index >= 15 is 0 Å². The Morgan fingerprint density at radius 3 is 2.88 bits per heavy atom. The topological polar surface area (TPSA) is 33.0 Å². The van der Waals surface area contributed by atoms with Crippen molar-refractivity contribution >= 4 is 0 Å². The minimum Gasteiger partial charge on any atom is -0.492 e. The van der Waals surface area contributed by atoms with Gasteiger partial charge in [-0.1, -0.05) is 12.1 Å². The maximum absolute atomic E-state index is 13.2. The molecule has 0 radical (unpaired) electrons. The molecule has 0 bridgehead atoms. The predicted molar refractivity (Wildman–Crippen MR) is 65.3 cm³/mol. The molecule has 2 nitrogen and oxygen atoms in total. The van der Waals surface area contributed by atoms with Gasteiger partial charge < -0.3 is 4.74 Å². The summed E-state index contributed by atoms with van der Waals surface area (Å²) in [6.45, 7) is 4.16. The second-order valence-electron chi connectivity index (χ2n) is 3.71. The van der Waals surface area contributed by atoms with E-state index in [1.54, 1.807) is 12.1 Å². The number of ether oxygens (including phenoxy) is 1. The number of unbranched alkanes of at least 4 members (excludes halogenated alkanes) is 3. The van der Waals surface area contributed by atoms with Gasteiger partial charge in [0.25, 0.3) is 0 Å². The van der Waals surface area contributed by atoms with Crippen molar-refractivity contribution in [1.29, 1.82) is 5.26 Å². The van der Waals surface area contributed by atoms with Gasteiger partial charge in [0.1, 0.15) is 23.2 Å². The highest BCUT2D eigenvalue weighted by molar-refractivity contribution is 5.43. The number of nitriles is 1. The molecule has 0 fully saturated rings. The maximum atomic E-state index is 13.2. The summed E-state index contributed by atoms with van der Waals surface area (Å²) in [5.41, 5.74) is -0.0152. The molecule has 0 aliphatic rings. The Balaban J connectivity index is 2.39. The van der Waals surface area contributed by atoms with Crippen molar-refractivity contribution in [3.05, 3.63) is 42.2 Å². The van der Waals surface area contributed by atoms with Gasteiger partial charge >= 0.3 is 0 Å². The Bertz CT molecular complexity index is 409.